The summed E-state index contributed by atoms with van der Waals surface area (Å²) in [5, 5.41) is 2.16. The zero-order valence-corrected chi connectivity index (χ0v) is 13.5. The van der Waals surface area contributed by atoms with E-state index < -0.39 is 0 Å². The third-order valence-electron chi connectivity index (χ3n) is 4.33. The zero-order chi connectivity index (χ0) is 14.7. The van der Waals surface area contributed by atoms with Crippen LogP contribution in [0.2, 0.25) is 0 Å². The van der Waals surface area contributed by atoms with Crippen molar-refractivity contribution in [2.24, 2.45) is 5.73 Å². The molecule has 0 spiro atoms. The minimum absolute atomic E-state index is 0.338. The molecule has 1 fully saturated rings. The Kier molecular flexibility index (Phi) is 4.73. The first-order valence-electron chi connectivity index (χ1n) is 7.89. The Morgan fingerprint density at radius 3 is 2.52 bits per heavy atom. The summed E-state index contributed by atoms with van der Waals surface area (Å²) in [5.41, 5.74) is 8.89. The van der Waals surface area contributed by atoms with E-state index in [0.29, 0.717) is 18.6 Å². The van der Waals surface area contributed by atoms with Gasteiger partial charge < -0.3 is 5.73 Å². The van der Waals surface area contributed by atoms with Crippen molar-refractivity contribution in [1.82, 2.24) is 4.90 Å². The lowest BCUT2D eigenvalue weighted by Gasteiger charge is -2.31. The molecule has 0 aliphatic heterocycles. The fraction of sp³-hybridized carbons (Fsp3) is 0.444. The van der Waals surface area contributed by atoms with Gasteiger partial charge in [0, 0.05) is 30.1 Å². The maximum absolute atomic E-state index is 6.13. The van der Waals surface area contributed by atoms with E-state index in [-0.39, 0.29) is 0 Å². The van der Waals surface area contributed by atoms with Gasteiger partial charge in [-0.25, -0.2) is 0 Å². The first kappa shape index (κ1) is 14.8. The van der Waals surface area contributed by atoms with Crippen molar-refractivity contribution >= 4 is 11.3 Å². The van der Waals surface area contributed by atoms with E-state index >= 15 is 0 Å². The standard InChI is InChI=1S/C18H24N2S/c1-2-14-5-7-15(8-6-14)18(12-19)20(16-9-10-16)13-17-4-3-11-21-17/h3-8,11,16,18H,2,9-10,12-13,19H2,1H3. The summed E-state index contributed by atoms with van der Waals surface area (Å²) in [4.78, 5) is 4.04. The van der Waals surface area contributed by atoms with Gasteiger partial charge in [0.05, 0.1) is 0 Å². The fourth-order valence-electron chi connectivity index (χ4n) is 2.92. The summed E-state index contributed by atoms with van der Waals surface area (Å²) >= 11 is 1.84. The van der Waals surface area contributed by atoms with Crippen molar-refractivity contribution in [3.63, 3.8) is 0 Å². The number of aryl methyl sites for hydroxylation is 1. The molecule has 0 saturated heterocycles. The van der Waals surface area contributed by atoms with Crippen molar-refractivity contribution in [3.05, 3.63) is 57.8 Å². The molecule has 1 aliphatic carbocycles. The Morgan fingerprint density at radius 2 is 2.00 bits per heavy atom. The van der Waals surface area contributed by atoms with E-state index in [1.807, 2.05) is 11.3 Å². The van der Waals surface area contributed by atoms with E-state index in [9.17, 15) is 0 Å². The molecule has 0 amide bonds. The van der Waals surface area contributed by atoms with Crippen molar-refractivity contribution in [3.8, 4) is 0 Å². The van der Waals surface area contributed by atoms with Crippen LogP contribution < -0.4 is 5.73 Å². The Morgan fingerprint density at radius 1 is 1.24 bits per heavy atom. The molecular weight excluding hydrogens is 276 g/mol. The van der Waals surface area contributed by atoms with Crippen LogP contribution in [0.1, 0.15) is 41.8 Å². The molecule has 1 unspecified atom stereocenters. The minimum Gasteiger partial charge on any atom is -0.329 e. The largest absolute Gasteiger partial charge is 0.329 e. The molecule has 1 aromatic heterocycles. The van der Waals surface area contributed by atoms with Gasteiger partial charge in [0.25, 0.3) is 0 Å². The maximum atomic E-state index is 6.13. The number of hydrogen-bond donors (Lipinski definition) is 1. The molecule has 3 rings (SSSR count). The van der Waals surface area contributed by atoms with Crippen LogP contribution in [0.5, 0.6) is 0 Å². The molecule has 1 saturated carbocycles. The third-order valence-corrected chi connectivity index (χ3v) is 5.19. The molecule has 2 N–H and O–H groups in total. The molecule has 1 heterocycles. The van der Waals surface area contributed by atoms with Gasteiger partial charge in [0.1, 0.15) is 0 Å². The van der Waals surface area contributed by atoms with Crippen LogP contribution in [-0.4, -0.2) is 17.5 Å². The summed E-state index contributed by atoms with van der Waals surface area (Å²) in [6.45, 7) is 3.91. The van der Waals surface area contributed by atoms with Gasteiger partial charge >= 0.3 is 0 Å². The summed E-state index contributed by atoms with van der Waals surface area (Å²) in [5.74, 6) is 0. The van der Waals surface area contributed by atoms with Gasteiger partial charge in [-0.1, -0.05) is 37.3 Å². The number of benzene rings is 1. The molecule has 1 aliphatic rings. The molecule has 112 valence electrons. The molecule has 0 radical (unpaired) electrons. The number of thiophene rings is 1. The second-order valence-electron chi connectivity index (χ2n) is 5.83. The van der Waals surface area contributed by atoms with Crippen molar-refractivity contribution in [1.29, 1.82) is 0 Å². The van der Waals surface area contributed by atoms with Crippen LogP contribution >= 0.6 is 11.3 Å². The molecule has 21 heavy (non-hydrogen) atoms. The number of nitrogens with zero attached hydrogens (tertiary/aromatic N) is 1. The lowest BCUT2D eigenvalue weighted by molar-refractivity contribution is 0.183. The predicted molar refractivity (Wildman–Crippen MR) is 90.5 cm³/mol. The van der Waals surface area contributed by atoms with Gasteiger partial charge in [-0.3, -0.25) is 4.90 Å². The Hall–Kier alpha value is -1.16. The van der Waals surface area contributed by atoms with Gasteiger partial charge in [0.15, 0.2) is 0 Å². The predicted octanol–water partition coefficient (Wildman–Crippen LogP) is 3.97. The third kappa shape index (κ3) is 3.54. The quantitative estimate of drug-likeness (QED) is 0.838. The second kappa shape index (κ2) is 6.73. The van der Waals surface area contributed by atoms with Crippen LogP contribution in [0.3, 0.4) is 0 Å². The highest BCUT2D eigenvalue weighted by atomic mass is 32.1. The van der Waals surface area contributed by atoms with Crippen molar-refractivity contribution in [2.45, 2.75) is 44.8 Å². The molecular formula is C18H24N2S. The SMILES string of the molecule is CCc1ccc(C(CN)N(Cc2cccs2)C2CC2)cc1. The molecule has 3 heteroatoms. The summed E-state index contributed by atoms with van der Waals surface area (Å²) < 4.78 is 0. The van der Waals surface area contributed by atoms with E-state index in [1.54, 1.807) is 0 Å². The van der Waals surface area contributed by atoms with Crippen LogP contribution in [0.15, 0.2) is 41.8 Å². The Labute approximate surface area is 131 Å². The lowest BCUT2D eigenvalue weighted by Crippen LogP contribution is -2.34. The Bertz CT molecular complexity index is 543. The first-order valence-corrected chi connectivity index (χ1v) is 8.76. The average Bonchev–Trinajstić information content (AvgIpc) is 3.25. The molecule has 2 nitrogen and oxygen atoms in total. The fourth-order valence-corrected chi connectivity index (χ4v) is 3.63. The second-order valence-corrected chi connectivity index (χ2v) is 6.86. The lowest BCUT2D eigenvalue weighted by atomic mass is 10.0. The number of hydrogen-bond acceptors (Lipinski definition) is 3. The van der Waals surface area contributed by atoms with Gasteiger partial charge in [-0.2, -0.15) is 0 Å². The first-order chi connectivity index (χ1) is 10.3. The monoisotopic (exact) mass is 300 g/mol. The van der Waals surface area contributed by atoms with Crippen LogP contribution in [-0.2, 0) is 13.0 Å². The summed E-state index contributed by atoms with van der Waals surface area (Å²) in [6.07, 6.45) is 3.72. The van der Waals surface area contributed by atoms with Crippen LogP contribution in [0, 0.1) is 0 Å². The number of rotatable bonds is 7. The topological polar surface area (TPSA) is 29.3 Å². The summed E-state index contributed by atoms with van der Waals surface area (Å²) in [6, 6.07) is 14.4. The zero-order valence-electron chi connectivity index (χ0n) is 12.7. The highest BCUT2D eigenvalue weighted by Crippen LogP contribution is 2.36. The van der Waals surface area contributed by atoms with E-state index in [0.717, 1.165) is 13.0 Å². The van der Waals surface area contributed by atoms with Gasteiger partial charge in [-0.05, 0) is 41.8 Å². The van der Waals surface area contributed by atoms with Crippen LogP contribution in [0.25, 0.3) is 0 Å². The van der Waals surface area contributed by atoms with Gasteiger partial charge in [-0.15, -0.1) is 11.3 Å². The normalized spacial score (nSPS) is 16.3. The van der Waals surface area contributed by atoms with E-state index in [1.165, 1.54) is 28.8 Å². The maximum Gasteiger partial charge on any atom is 0.0477 e. The molecule has 1 atom stereocenters. The average molecular weight is 300 g/mol. The van der Waals surface area contributed by atoms with Crippen LogP contribution in [0.4, 0.5) is 0 Å². The highest BCUT2D eigenvalue weighted by Gasteiger charge is 2.34. The molecule has 2 aromatic rings. The smallest absolute Gasteiger partial charge is 0.0477 e. The minimum atomic E-state index is 0.338. The molecule has 0 bridgehead atoms. The summed E-state index contributed by atoms with van der Waals surface area (Å²) in [7, 11) is 0. The van der Waals surface area contributed by atoms with E-state index in [4.69, 9.17) is 5.73 Å². The van der Waals surface area contributed by atoms with Crippen molar-refractivity contribution < 1.29 is 0 Å². The van der Waals surface area contributed by atoms with Gasteiger partial charge in [0.2, 0.25) is 0 Å². The Balaban J connectivity index is 1.80. The van der Waals surface area contributed by atoms with E-state index in [2.05, 4.69) is 53.6 Å². The number of nitrogens with two attached hydrogens (primary N) is 1. The van der Waals surface area contributed by atoms with Crippen molar-refractivity contribution in [2.75, 3.05) is 6.54 Å². The highest BCUT2D eigenvalue weighted by molar-refractivity contribution is 7.09. The molecule has 1 aromatic carbocycles.